The minimum absolute atomic E-state index is 0.109. The van der Waals surface area contributed by atoms with Gasteiger partial charge < -0.3 is 10.1 Å². The monoisotopic (exact) mass is 377 g/mol. The van der Waals surface area contributed by atoms with E-state index in [9.17, 15) is 4.79 Å². The van der Waals surface area contributed by atoms with Crippen LogP contribution >= 0.6 is 0 Å². The van der Waals surface area contributed by atoms with Crippen molar-refractivity contribution >= 4 is 5.91 Å². The van der Waals surface area contributed by atoms with Crippen molar-refractivity contribution < 1.29 is 9.53 Å². The predicted octanol–water partition coefficient (Wildman–Crippen LogP) is 4.77. The number of ether oxygens (including phenoxy) is 1. The van der Waals surface area contributed by atoms with Gasteiger partial charge in [-0.3, -0.25) is 4.79 Å². The molecule has 1 aromatic heterocycles. The third-order valence-corrected chi connectivity index (χ3v) is 4.46. The molecule has 146 valence electrons. The number of benzene rings is 2. The number of nitrogens with one attached hydrogen (secondary N) is 1. The minimum Gasteiger partial charge on any atom is -0.491 e. The van der Waals surface area contributed by atoms with E-state index in [0.717, 1.165) is 28.4 Å². The van der Waals surface area contributed by atoms with Crippen LogP contribution in [0.1, 0.15) is 54.1 Å². The summed E-state index contributed by atoms with van der Waals surface area (Å²) in [5.74, 6) is 0.699. The van der Waals surface area contributed by atoms with Crippen molar-refractivity contribution in [3.05, 3.63) is 77.1 Å². The number of carbonyl (C=O) groups excluding carboxylic acids is 1. The normalized spacial score (nSPS) is 12.1. The summed E-state index contributed by atoms with van der Waals surface area (Å²) in [7, 11) is 0. The first kappa shape index (κ1) is 19.7. The van der Waals surface area contributed by atoms with Gasteiger partial charge in [0.2, 0.25) is 0 Å². The number of hydrogen-bond donors (Lipinski definition) is 1. The van der Waals surface area contributed by atoms with Crippen molar-refractivity contribution in [1.29, 1.82) is 0 Å². The van der Waals surface area contributed by atoms with Crippen LogP contribution in [0.4, 0.5) is 0 Å². The van der Waals surface area contributed by atoms with Crippen LogP contribution in [0.3, 0.4) is 0 Å². The Morgan fingerprint density at radius 1 is 1.04 bits per heavy atom. The lowest BCUT2D eigenvalue weighted by molar-refractivity contribution is 0.0939. The van der Waals surface area contributed by atoms with E-state index in [1.807, 2.05) is 93.9 Å². The van der Waals surface area contributed by atoms with Crippen LogP contribution in [0, 0.1) is 13.8 Å². The molecular weight excluding hydrogens is 350 g/mol. The minimum atomic E-state index is -0.126. The number of nitrogens with zero attached hydrogens (tertiary/aromatic N) is 2. The molecule has 1 N–H and O–H groups in total. The Labute approximate surface area is 166 Å². The molecule has 3 rings (SSSR count). The van der Waals surface area contributed by atoms with E-state index in [0.29, 0.717) is 5.56 Å². The summed E-state index contributed by atoms with van der Waals surface area (Å²) >= 11 is 0. The second kappa shape index (κ2) is 8.30. The third-order valence-electron chi connectivity index (χ3n) is 4.46. The standard InChI is InChI=1S/C23H27N3O2/c1-15(2)28-22-8-6-7-20(14-22)18(5)24-23(27)19-9-11-21(12-10-19)26-17(4)13-16(3)25-26/h6-15,18H,1-5H3,(H,24,27). The van der Waals surface area contributed by atoms with Gasteiger partial charge >= 0.3 is 0 Å². The van der Waals surface area contributed by atoms with Gasteiger partial charge in [-0.05, 0) is 82.6 Å². The molecule has 0 saturated heterocycles. The van der Waals surface area contributed by atoms with Gasteiger partial charge in [0.05, 0.1) is 23.5 Å². The molecule has 1 amide bonds. The van der Waals surface area contributed by atoms with Gasteiger partial charge in [-0.15, -0.1) is 0 Å². The number of hydrogen-bond acceptors (Lipinski definition) is 3. The molecule has 3 aromatic rings. The number of aromatic nitrogens is 2. The highest BCUT2D eigenvalue weighted by molar-refractivity contribution is 5.94. The van der Waals surface area contributed by atoms with Crippen LogP contribution in [0.25, 0.3) is 5.69 Å². The Kier molecular flexibility index (Phi) is 5.83. The molecule has 5 heteroatoms. The van der Waals surface area contributed by atoms with Crippen LogP contribution in [-0.2, 0) is 0 Å². The Bertz CT molecular complexity index is 958. The summed E-state index contributed by atoms with van der Waals surface area (Å²) in [4.78, 5) is 12.6. The van der Waals surface area contributed by atoms with Gasteiger partial charge in [-0.2, -0.15) is 5.10 Å². The number of carbonyl (C=O) groups is 1. The van der Waals surface area contributed by atoms with Gasteiger partial charge in [0.15, 0.2) is 0 Å². The topological polar surface area (TPSA) is 56.2 Å². The lowest BCUT2D eigenvalue weighted by Crippen LogP contribution is -2.26. The van der Waals surface area contributed by atoms with Gasteiger partial charge in [0.1, 0.15) is 5.75 Å². The van der Waals surface area contributed by atoms with Crippen LogP contribution in [0.2, 0.25) is 0 Å². The Hall–Kier alpha value is -3.08. The first-order chi connectivity index (χ1) is 13.3. The number of amides is 1. The van der Waals surface area contributed by atoms with E-state index in [1.54, 1.807) is 0 Å². The fourth-order valence-corrected chi connectivity index (χ4v) is 3.14. The zero-order valence-electron chi connectivity index (χ0n) is 17.1. The average molecular weight is 377 g/mol. The fraction of sp³-hybridized carbons (Fsp3) is 0.304. The van der Waals surface area contributed by atoms with Crippen LogP contribution in [0.15, 0.2) is 54.6 Å². The van der Waals surface area contributed by atoms with Crippen molar-refractivity contribution in [2.75, 3.05) is 0 Å². The maximum Gasteiger partial charge on any atom is 0.251 e. The van der Waals surface area contributed by atoms with E-state index in [4.69, 9.17) is 4.74 Å². The zero-order valence-corrected chi connectivity index (χ0v) is 17.1. The molecule has 1 heterocycles. The summed E-state index contributed by atoms with van der Waals surface area (Å²) in [5.41, 5.74) is 4.59. The average Bonchev–Trinajstić information content (AvgIpc) is 2.99. The van der Waals surface area contributed by atoms with E-state index >= 15 is 0 Å². The van der Waals surface area contributed by atoms with Crippen molar-refractivity contribution in [2.45, 2.75) is 46.8 Å². The van der Waals surface area contributed by atoms with Gasteiger partial charge in [0.25, 0.3) is 5.91 Å². The number of aryl methyl sites for hydroxylation is 2. The Morgan fingerprint density at radius 2 is 1.75 bits per heavy atom. The molecule has 5 nitrogen and oxygen atoms in total. The van der Waals surface area contributed by atoms with E-state index < -0.39 is 0 Å². The maximum absolute atomic E-state index is 12.6. The highest BCUT2D eigenvalue weighted by Crippen LogP contribution is 2.21. The molecule has 0 spiro atoms. The molecule has 28 heavy (non-hydrogen) atoms. The Morgan fingerprint density at radius 3 is 2.36 bits per heavy atom. The first-order valence-corrected chi connectivity index (χ1v) is 9.54. The molecule has 0 saturated carbocycles. The smallest absolute Gasteiger partial charge is 0.251 e. The Balaban J connectivity index is 1.70. The maximum atomic E-state index is 12.6. The van der Waals surface area contributed by atoms with Crippen molar-refractivity contribution in [1.82, 2.24) is 15.1 Å². The number of rotatable bonds is 6. The summed E-state index contributed by atoms with van der Waals surface area (Å²) in [6.07, 6.45) is 0.112. The predicted molar refractivity (Wildman–Crippen MR) is 111 cm³/mol. The van der Waals surface area contributed by atoms with Crippen LogP contribution < -0.4 is 10.1 Å². The molecule has 0 aliphatic carbocycles. The van der Waals surface area contributed by atoms with Crippen molar-refractivity contribution in [2.24, 2.45) is 0 Å². The molecule has 1 unspecified atom stereocenters. The van der Waals surface area contributed by atoms with Crippen molar-refractivity contribution in [3.63, 3.8) is 0 Å². The van der Waals surface area contributed by atoms with E-state index in [-0.39, 0.29) is 18.1 Å². The highest BCUT2D eigenvalue weighted by Gasteiger charge is 2.13. The van der Waals surface area contributed by atoms with Crippen LogP contribution in [0.5, 0.6) is 5.75 Å². The van der Waals surface area contributed by atoms with Gasteiger partial charge in [0, 0.05) is 11.3 Å². The molecular formula is C23H27N3O2. The largest absolute Gasteiger partial charge is 0.491 e. The zero-order chi connectivity index (χ0) is 20.3. The molecule has 2 aromatic carbocycles. The summed E-state index contributed by atoms with van der Waals surface area (Å²) < 4.78 is 7.62. The second-order valence-corrected chi connectivity index (χ2v) is 7.32. The second-order valence-electron chi connectivity index (χ2n) is 7.32. The van der Waals surface area contributed by atoms with E-state index in [1.165, 1.54) is 0 Å². The summed E-state index contributed by atoms with van der Waals surface area (Å²) in [6.45, 7) is 9.94. The SMILES string of the molecule is Cc1cc(C)n(-c2ccc(C(=O)NC(C)c3cccc(OC(C)C)c3)cc2)n1. The molecule has 1 atom stereocenters. The fourth-order valence-electron chi connectivity index (χ4n) is 3.14. The lowest BCUT2D eigenvalue weighted by atomic mass is 10.1. The highest BCUT2D eigenvalue weighted by atomic mass is 16.5. The molecule has 0 aliphatic heterocycles. The van der Waals surface area contributed by atoms with Crippen molar-refractivity contribution in [3.8, 4) is 11.4 Å². The van der Waals surface area contributed by atoms with Gasteiger partial charge in [-0.25, -0.2) is 4.68 Å². The summed E-state index contributed by atoms with van der Waals surface area (Å²) in [5, 5.41) is 7.53. The third kappa shape index (κ3) is 4.60. The molecule has 0 fully saturated rings. The van der Waals surface area contributed by atoms with E-state index in [2.05, 4.69) is 10.4 Å². The summed E-state index contributed by atoms with van der Waals surface area (Å²) in [6, 6.07) is 17.2. The quantitative estimate of drug-likeness (QED) is 0.673. The van der Waals surface area contributed by atoms with Crippen LogP contribution in [-0.4, -0.2) is 21.8 Å². The molecule has 0 aliphatic rings. The van der Waals surface area contributed by atoms with Gasteiger partial charge in [-0.1, -0.05) is 12.1 Å². The lowest BCUT2D eigenvalue weighted by Gasteiger charge is -2.17. The molecule has 0 radical (unpaired) electrons. The first-order valence-electron chi connectivity index (χ1n) is 9.54. The molecule has 0 bridgehead atoms.